The standard InChI is InChI=1S/C18H23N3O2S/c22-18(20-8-6-16-2-1-13-24-16)4-3-15-5-7-19-17(14-15)21-9-11-23-12-10-21/h1-2,5,7,13-14H,3-4,6,8-12H2,(H,20,22). The van der Waals surface area contributed by atoms with E-state index in [9.17, 15) is 4.79 Å². The van der Waals surface area contributed by atoms with Crippen LogP contribution in [-0.4, -0.2) is 43.7 Å². The number of carbonyl (C=O) groups is 1. The Bertz CT molecular complexity index is 639. The summed E-state index contributed by atoms with van der Waals surface area (Å²) >= 11 is 1.73. The molecule has 3 heterocycles. The second-order valence-corrected chi connectivity index (χ2v) is 6.83. The fourth-order valence-corrected chi connectivity index (χ4v) is 3.42. The lowest BCUT2D eigenvalue weighted by Crippen LogP contribution is -2.36. The molecule has 0 radical (unpaired) electrons. The molecule has 5 nitrogen and oxygen atoms in total. The number of pyridine rings is 1. The number of hydrogen-bond donors (Lipinski definition) is 1. The lowest BCUT2D eigenvalue weighted by atomic mass is 10.1. The highest BCUT2D eigenvalue weighted by atomic mass is 32.1. The monoisotopic (exact) mass is 345 g/mol. The van der Waals surface area contributed by atoms with Gasteiger partial charge in [-0.2, -0.15) is 0 Å². The zero-order chi connectivity index (χ0) is 16.6. The summed E-state index contributed by atoms with van der Waals surface area (Å²) in [6.45, 7) is 3.95. The molecule has 2 aromatic heterocycles. The first-order valence-corrected chi connectivity index (χ1v) is 9.26. The zero-order valence-electron chi connectivity index (χ0n) is 13.7. The van der Waals surface area contributed by atoms with Crippen molar-refractivity contribution in [1.82, 2.24) is 10.3 Å². The van der Waals surface area contributed by atoms with Gasteiger partial charge >= 0.3 is 0 Å². The molecule has 1 saturated heterocycles. The van der Waals surface area contributed by atoms with Crippen molar-refractivity contribution in [1.29, 1.82) is 0 Å². The minimum atomic E-state index is 0.108. The van der Waals surface area contributed by atoms with Crippen molar-refractivity contribution < 1.29 is 9.53 Å². The van der Waals surface area contributed by atoms with Gasteiger partial charge in [-0.3, -0.25) is 4.79 Å². The van der Waals surface area contributed by atoms with Gasteiger partial charge in [0, 0.05) is 37.1 Å². The second kappa shape index (κ2) is 8.80. The van der Waals surface area contributed by atoms with Crippen molar-refractivity contribution in [2.45, 2.75) is 19.3 Å². The molecule has 0 unspecified atom stereocenters. The van der Waals surface area contributed by atoms with Gasteiger partial charge in [0.2, 0.25) is 5.91 Å². The van der Waals surface area contributed by atoms with Crippen LogP contribution in [0.15, 0.2) is 35.8 Å². The highest BCUT2D eigenvalue weighted by molar-refractivity contribution is 7.09. The Morgan fingerprint density at radius 2 is 2.17 bits per heavy atom. The normalized spacial score (nSPS) is 14.6. The molecule has 0 atom stereocenters. The first kappa shape index (κ1) is 16.9. The summed E-state index contributed by atoms with van der Waals surface area (Å²) in [5, 5.41) is 5.06. The zero-order valence-corrected chi connectivity index (χ0v) is 14.6. The lowest BCUT2D eigenvalue weighted by molar-refractivity contribution is -0.121. The molecule has 0 bridgehead atoms. The molecular weight excluding hydrogens is 322 g/mol. The number of carbonyl (C=O) groups excluding carboxylic acids is 1. The number of morpholine rings is 1. The van der Waals surface area contributed by atoms with E-state index < -0.39 is 0 Å². The Balaban J connectivity index is 1.43. The summed E-state index contributed by atoms with van der Waals surface area (Å²) in [5.74, 6) is 1.09. The number of ether oxygens (including phenoxy) is 1. The minimum absolute atomic E-state index is 0.108. The molecule has 2 aromatic rings. The number of aryl methyl sites for hydroxylation is 1. The average molecular weight is 345 g/mol. The van der Waals surface area contributed by atoms with Crippen LogP contribution in [0.5, 0.6) is 0 Å². The predicted octanol–water partition coefficient (Wildman–Crippen LogP) is 2.27. The van der Waals surface area contributed by atoms with Gasteiger partial charge in [-0.1, -0.05) is 6.07 Å². The molecule has 1 fully saturated rings. The van der Waals surface area contributed by atoms with Gasteiger partial charge in [0.15, 0.2) is 0 Å². The molecule has 6 heteroatoms. The van der Waals surface area contributed by atoms with Crippen molar-refractivity contribution >= 4 is 23.1 Å². The van der Waals surface area contributed by atoms with Crippen molar-refractivity contribution in [3.05, 3.63) is 46.3 Å². The van der Waals surface area contributed by atoms with Crippen LogP contribution in [0.1, 0.15) is 16.9 Å². The molecule has 0 aromatic carbocycles. The Labute approximate surface area is 146 Å². The Morgan fingerprint density at radius 3 is 2.96 bits per heavy atom. The van der Waals surface area contributed by atoms with Crippen molar-refractivity contribution in [3.8, 4) is 0 Å². The average Bonchev–Trinajstić information content (AvgIpc) is 3.14. The first-order valence-electron chi connectivity index (χ1n) is 8.38. The maximum atomic E-state index is 12.0. The van der Waals surface area contributed by atoms with E-state index in [-0.39, 0.29) is 5.91 Å². The SMILES string of the molecule is O=C(CCc1ccnc(N2CCOCC2)c1)NCCc1cccs1. The van der Waals surface area contributed by atoms with Crippen LogP contribution in [0, 0.1) is 0 Å². The molecule has 1 aliphatic heterocycles. The number of aromatic nitrogens is 1. The van der Waals surface area contributed by atoms with E-state index in [0.717, 1.165) is 50.5 Å². The molecule has 0 saturated carbocycles. The van der Waals surface area contributed by atoms with Gasteiger partial charge in [0.25, 0.3) is 0 Å². The highest BCUT2D eigenvalue weighted by Gasteiger charge is 2.12. The van der Waals surface area contributed by atoms with Gasteiger partial charge < -0.3 is 15.0 Å². The van der Waals surface area contributed by atoms with E-state index in [4.69, 9.17) is 4.74 Å². The lowest BCUT2D eigenvalue weighted by Gasteiger charge is -2.28. The summed E-state index contributed by atoms with van der Waals surface area (Å²) in [6, 6.07) is 8.21. The molecule has 128 valence electrons. The number of thiophene rings is 1. The van der Waals surface area contributed by atoms with Crippen LogP contribution in [0.4, 0.5) is 5.82 Å². The number of nitrogens with zero attached hydrogens (tertiary/aromatic N) is 2. The topological polar surface area (TPSA) is 54.5 Å². The van der Waals surface area contributed by atoms with Crippen molar-refractivity contribution in [3.63, 3.8) is 0 Å². The van der Waals surface area contributed by atoms with Gasteiger partial charge in [0.1, 0.15) is 5.82 Å². The van der Waals surface area contributed by atoms with Gasteiger partial charge in [-0.05, 0) is 42.0 Å². The van der Waals surface area contributed by atoms with Crippen molar-refractivity contribution in [2.24, 2.45) is 0 Å². The Morgan fingerprint density at radius 1 is 1.29 bits per heavy atom. The predicted molar refractivity (Wildman–Crippen MR) is 96.6 cm³/mol. The van der Waals surface area contributed by atoms with Crippen LogP contribution in [-0.2, 0) is 22.4 Å². The molecule has 1 amide bonds. The maximum Gasteiger partial charge on any atom is 0.220 e. The molecule has 1 aliphatic rings. The second-order valence-electron chi connectivity index (χ2n) is 5.80. The van der Waals surface area contributed by atoms with Crippen LogP contribution in [0.2, 0.25) is 0 Å². The molecule has 3 rings (SSSR count). The number of amides is 1. The quantitative estimate of drug-likeness (QED) is 0.836. The van der Waals surface area contributed by atoms with Crippen LogP contribution < -0.4 is 10.2 Å². The number of hydrogen-bond acceptors (Lipinski definition) is 5. The van der Waals surface area contributed by atoms with E-state index in [1.807, 2.05) is 18.3 Å². The minimum Gasteiger partial charge on any atom is -0.378 e. The summed E-state index contributed by atoms with van der Waals surface area (Å²) in [7, 11) is 0. The number of rotatable bonds is 7. The fraction of sp³-hybridized carbons (Fsp3) is 0.444. The summed E-state index contributed by atoms with van der Waals surface area (Å²) < 4.78 is 5.37. The number of anilines is 1. The van der Waals surface area contributed by atoms with E-state index in [1.54, 1.807) is 11.3 Å². The third-order valence-corrected chi connectivity index (χ3v) is 5.00. The molecule has 1 N–H and O–H groups in total. The van der Waals surface area contributed by atoms with Crippen LogP contribution in [0.25, 0.3) is 0 Å². The van der Waals surface area contributed by atoms with Crippen LogP contribution >= 0.6 is 11.3 Å². The van der Waals surface area contributed by atoms with Gasteiger partial charge in [-0.25, -0.2) is 4.98 Å². The van der Waals surface area contributed by atoms with Gasteiger partial charge in [0.05, 0.1) is 13.2 Å². The third-order valence-electron chi connectivity index (χ3n) is 4.06. The Kier molecular flexibility index (Phi) is 6.20. The maximum absolute atomic E-state index is 12.0. The first-order chi connectivity index (χ1) is 11.8. The van der Waals surface area contributed by atoms with E-state index in [1.165, 1.54) is 4.88 Å². The Hall–Kier alpha value is -1.92. The van der Waals surface area contributed by atoms with E-state index in [2.05, 4.69) is 32.7 Å². The van der Waals surface area contributed by atoms with Gasteiger partial charge in [-0.15, -0.1) is 11.3 Å². The van der Waals surface area contributed by atoms with E-state index in [0.29, 0.717) is 13.0 Å². The third kappa shape index (κ3) is 5.04. The summed E-state index contributed by atoms with van der Waals surface area (Å²) in [5.41, 5.74) is 1.15. The highest BCUT2D eigenvalue weighted by Crippen LogP contribution is 2.15. The molecule has 0 spiro atoms. The summed E-state index contributed by atoms with van der Waals surface area (Å²) in [6.07, 6.45) is 3.98. The molecule has 24 heavy (non-hydrogen) atoms. The largest absolute Gasteiger partial charge is 0.378 e. The summed E-state index contributed by atoms with van der Waals surface area (Å²) in [4.78, 5) is 20.0. The molecular formula is C18H23N3O2S. The number of nitrogens with one attached hydrogen (secondary N) is 1. The molecule has 0 aliphatic carbocycles. The fourth-order valence-electron chi connectivity index (χ4n) is 2.71. The van der Waals surface area contributed by atoms with Crippen LogP contribution in [0.3, 0.4) is 0 Å². The van der Waals surface area contributed by atoms with E-state index >= 15 is 0 Å². The smallest absolute Gasteiger partial charge is 0.220 e. The van der Waals surface area contributed by atoms with Crippen molar-refractivity contribution in [2.75, 3.05) is 37.7 Å².